The van der Waals surface area contributed by atoms with E-state index in [1.807, 2.05) is 6.92 Å². The second-order valence-corrected chi connectivity index (χ2v) is 4.24. The Kier molecular flexibility index (Phi) is 2.92. The lowest BCUT2D eigenvalue weighted by Gasteiger charge is -2.02. The molecule has 1 N–H and O–H groups in total. The van der Waals surface area contributed by atoms with Gasteiger partial charge in [-0.05, 0) is 35.0 Å². The highest BCUT2D eigenvalue weighted by molar-refractivity contribution is 9.15. The molecule has 0 unspecified atom stereocenters. The minimum absolute atomic E-state index is 0.0701. The first-order chi connectivity index (χ1) is 7.65. The van der Waals surface area contributed by atoms with Gasteiger partial charge < -0.3 is 5.32 Å². The van der Waals surface area contributed by atoms with Crippen LogP contribution in [0.3, 0.4) is 0 Å². The monoisotopic (exact) mass is 279 g/mol. The van der Waals surface area contributed by atoms with Gasteiger partial charge in [-0.25, -0.2) is 0 Å². The van der Waals surface area contributed by atoms with E-state index in [0.29, 0.717) is 27.9 Å². The highest BCUT2D eigenvalue weighted by Gasteiger charge is 2.27. The average molecular weight is 280 g/mol. The average Bonchev–Trinajstić information content (AvgIpc) is 2.45. The molecule has 82 valence electrons. The fourth-order valence-electron chi connectivity index (χ4n) is 1.68. The van der Waals surface area contributed by atoms with Gasteiger partial charge in [-0.1, -0.05) is 12.1 Å². The molecule has 0 saturated heterocycles. The molecule has 0 spiro atoms. The first-order valence-corrected chi connectivity index (χ1v) is 5.77. The molecule has 3 nitrogen and oxygen atoms in total. The minimum Gasteiger partial charge on any atom is -0.381 e. The molecule has 16 heavy (non-hydrogen) atoms. The number of carbonyl (C=O) groups excluding carboxylic acids is 1. The maximum absolute atomic E-state index is 12.0. The Balaban J connectivity index is 2.66. The maximum Gasteiger partial charge on any atom is 0.210 e. The molecular weight excluding hydrogens is 270 g/mol. The molecular formula is C12H10BrNO2. The van der Waals surface area contributed by atoms with Crippen LogP contribution in [0.1, 0.15) is 22.8 Å². The van der Waals surface area contributed by atoms with Crippen molar-refractivity contribution < 1.29 is 4.79 Å². The summed E-state index contributed by atoms with van der Waals surface area (Å²) in [5, 5.41) is 3.00. The second-order valence-electron chi connectivity index (χ2n) is 3.45. The Bertz CT molecular complexity index is 549. The lowest BCUT2D eigenvalue weighted by atomic mass is 10.2. The van der Waals surface area contributed by atoms with Gasteiger partial charge in [0.05, 0.1) is 10.2 Å². The molecule has 0 atom stereocenters. The Morgan fingerprint density at radius 1 is 1.25 bits per heavy atom. The van der Waals surface area contributed by atoms with Crippen molar-refractivity contribution in [2.75, 3.05) is 6.54 Å². The van der Waals surface area contributed by atoms with Crippen LogP contribution in [-0.4, -0.2) is 12.3 Å². The van der Waals surface area contributed by atoms with Crippen LogP contribution in [0.25, 0.3) is 4.48 Å². The molecule has 0 fully saturated rings. The van der Waals surface area contributed by atoms with Crippen LogP contribution >= 0.6 is 15.9 Å². The van der Waals surface area contributed by atoms with Crippen molar-refractivity contribution in [2.24, 2.45) is 0 Å². The van der Waals surface area contributed by atoms with E-state index in [-0.39, 0.29) is 11.2 Å². The first kappa shape index (κ1) is 11.1. The Morgan fingerprint density at radius 3 is 2.69 bits per heavy atom. The number of ketones is 1. The van der Waals surface area contributed by atoms with Gasteiger partial charge in [-0.3, -0.25) is 9.59 Å². The SMILES string of the molecule is CCNC1=C(Br)c2cc(=O)cccc2C1=O. The quantitative estimate of drug-likeness (QED) is 0.900. The minimum atomic E-state index is -0.108. The number of allylic oxidation sites excluding steroid dienone is 1. The summed E-state index contributed by atoms with van der Waals surface area (Å²) in [6, 6.07) is 6.19. The van der Waals surface area contributed by atoms with E-state index in [4.69, 9.17) is 0 Å². The predicted molar refractivity (Wildman–Crippen MR) is 66.6 cm³/mol. The molecule has 1 aliphatic rings. The highest BCUT2D eigenvalue weighted by Crippen LogP contribution is 2.34. The van der Waals surface area contributed by atoms with Gasteiger partial charge >= 0.3 is 0 Å². The fourth-order valence-corrected chi connectivity index (χ4v) is 2.33. The summed E-state index contributed by atoms with van der Waals surface area (Å²) in [5.74, 6) is -0.0701. The summed E-state index contributed by atoms with van der Waals surface area (Å²) in [6.07, 6.45) is 0. The van der Waals surface area contributed by atoms with Gasteiger partial charge in [-0.15, -0.1) is 0 Å². The van der Waals surface area contributed by atoms with E-state index in [1.54, 1.807) is 12.1 Å². The fraction of sp³-hybridized carbons (Fsp3) is 0.167. The largest absolute Gasteiger partial charge is 0.381 e. The van der Waals surface area contributed by atoms with Crippen LogP contribution in [0.2, 0.25) is 0 Å². The van der Waals surface area contributed by atoms with Crippen molar-refractivity contribution in [3.63, 3.8) is 0 Å². The zero-order valence-corrected chi connectivity index (χ0v) is 10.3. The van der Waals surface area contributed by atoms with Crippen LogP contribution in [-0.2, 0) is 0 Å². The molecule has 2 rings (SSSR count). The molecule has 0 amide bonds. The van der Waals surface area contributed by atoms with Crippen LogP contribution in [0.5, 0.6) is 0 Å². The predicted octanol–water partition coefficient (Wildman–Crippen LogP) is 1.92. The van der Waals surface area contributed by atoms with E-state index in [0.717, 1.165) is 0 Å². The van der Waals surface area contributed by atoms with Crippen molar-refractivity contribution in [3.8, 4) is 0 Å². The Morgan fingerprint density at radius 2 is 2.00 bits per heavy atom. The van der Waals surface area contributed by atoms with E-state index in [1.165, 1.54) is 12.1 Å². The highest BCUT2D eigenvalue weighted by atomic mass is 79.9. The molecule has 0 saturated carbocycles. The molecule has 0 aromatic heterocycles. The number of hydrogen-bond acceptors (Lipinski definition) is 3. The summed E-state index contributed by atoms with van der Waals surface area (Å²) in [4.78, 5) is 23.4. The number of nitrogens with one attached hydrogen (secondary N) is 1. The molecule has 0 bridgehead atoms. The van der Waals surface area contributed by atoms with Gasteiger partial charge in [-0.2, -0.15) is 0 Å². The third-order valence-electron chi connectivity index (χ3n) is 2.38. The van der Waals surface area contributed by atoms with Crippen molar-refractivity contribution in [2.45, 2.75) is 6.92 Å². The van der Waals surface area contributed by atoms with Gasteiger partial charge in [0.2, 0.25) is 5.78 Å². The van der Waals surface area contributed by atoms with Gasteiger partial charge in [0.15, 0.2) is 5.43 Å². The standard InChI is InChI=1S/C12H10BrNO2/c1-2-14-11-10(13)9-6-7(15)4-3-5-8(9)12(11)16/h3-6,14H,2H2,1H3. The van der Waals surface area contributed by atoms with Gasteiger partial charge in [0.25, 0.3) is 0 Å². The number of likely N-dealkylation sites (N-methyl/N-ethyl adjacent to an activating group) is 1. The lowest BCUT2D eigenvalue weighted by molar-refractivity contribution is 0.103. The molecule has 4 heteroatoms. The third-order valence-corrected chi connectivity index (χ3v) is 3.21. The van der Waals surface area contributed by atoms with E-state index in [2.05, 4.69) is 21.2 Å². The van der Waals surface area contributed by atoms with Crippen LogP contribution in [0.15, 0.2) is 34.8 Å². The van der Waals surface area contributed by atoms with Crippen LogP contribution < -0.4 is 10.7 Å². The first-order valence-electron chi connectivity index (χ1n) is 4.98. The molecule has 0 aliphatic heterocycles. The zero-order chi connectivity index (χ0) is 11.7. The number of Topliss-reactive ketones (excluding diaryl/α,β-unsaturated/α-hetero) is 1. The molecule has 1 aliphatic carbocycles. The number of hydrogen-bond donors (Lipinski definition) is 1. The number of fused-ring (bicyclic) bond motifs is 1. The number of carbonyl (C=O) groups is 1. The topological polar surface area (TPSA) is 46.2 Å². The summed E-state index contributed by atoms with van der Waals surface area (Å²) in [7, 11) is 0. The summed E-state index contributed by atoms with van der Waals surface area (Å²) in [6.45, 7) is 2.59. The second kappa shape index (κ2) is 4.22. The van der Waals surface area contributed by atoms with E-state index in [9.17, 15) is 9.59 Å². The zero-order valence-electron chi connectivity index (χ0n) is 8.71. The maximum atomic E-state index is 12.0. The Hall–Kier alpha value is -1.42. The van der Waals surface area contributed by atoms with Gasteiger partial charge in [0, 0.05) is 17.7 Å². The van der Waals surface area contributed by atoms with Crippen molar-refractivity contribution in [1.29, 1.82) is 0 Å². The van der Waals surface area contributed by atoms with Crippen LogP contribution in [0, 0.1) is 0 Å². The number of rotatable bonds is 2. The molecule has 0 radical (unpaired) electrons. The van der Waals surface area contributed by atoms with Crippen molar-refractivity contribution in [1.82, 2.24) is 5.32 Å². The summed E-state index contributed by atoms with van der Waals surface area (Å²) >= 11 is 3.36. The number of halogens is 1. The lowest BCUT2D eigenvalue weighted by Crippen LogP contribution is -2.17. The van der Waals surface area contributed by atoms with Crippen LogP contribution in [0.4, 0.5) is 0 Å². The molecule has 1 aromatic carbocycles. The third kappa shape index (κ3) is 1.69. The van der Waals surface area contributed by atoms with E-state index >= 15 is 0 Å². The Labute approximate surface area is 101 Å². The van der Waals surface area contributed by atoms with Gasteiger partial charge in [0.1, 0.15) is 0 Å². The summed E-state index contributed by atoms with van der Waals surface area (Å²) < 4.78 is 0.669. The normalized spacial score (nSPS) is 14.0. The molecule has 1 aromatic rings. The molecule has 0 heterocycles. The smallest absolute Gasteiger partial charge is 0.210 e. The van der Waals surface area contributed by atoms with Crippen molar-refractivity contribution in [3.05, 3.63) is 51.3 Å². The summed E-state index contributed by atoms with van der Waals surface area (Å²) in [5.41, 5.74) is 1.65. The van der Waals surface area contributed by atoms with E-state index < -0.39 is 0 Å². The van der Waals surface area contributed by atoms with Crippen molar-refractivity contribution >= 4 is 26.2 Å².